The number of hydrogen-bond acceptors (Lipinski definition) is 8. The molecule has 0 unspecified atom stereocenters. The highest BCUT2D eigenvalue weighted by molar-refractivity contribution is 6.31. The second kappa shape index (κ2) is 11.4. The summed E-state index contributed by atoms with van der Waals surface area (Å²) in [5.74, 6) is -7.57. The number of phenols is 1. The number of carboxylic acids is 1. The number of amides is 4. The molecule has 2 aliphatic carbocycles. The Hall–Kier alpha value is -4.45. The van der Waals surface area contributed by atoms with Crippen molar-refractivity contribution in [3.8, 4) is 17.2 Å². The lowest BCUT2D eigenvalue weighted by Gasteiger charge is -2.49. The highest BCUT2D eigenvalue weighted by atomic mass is 35.5. The van der Waals surface area contributed by atoms with Crippen molar-refractivity contribution in [2.75, 3.05) is 25.7 Å². The van der Waals surface area contributed by atoms with E-state index in [4.69, 9.17) is 26.2 Å². The third kappa shape index (κ3) is 4.56. The standard InChI is InChI=1S/C33H32ClFN2O9/c1-33-20(30(42)37(32(33)44)15-6-9-22(35)21(34)11-15)14-19-17(28(33)27-23(45-2)12-16(38)13-24(27)46-3)7-8-18-26(19)31(43)36(29(18)41)10-4-5-25(39)40/h6-7,9,11-13,18-20,26,28,38H,4-5,8,10,14H2,1-3H3,(H,39,40)/t18-,19+,20-,26-,28+,33+/m0/s1. The minimum Gasteiger partial charge on any atom is -0.508 e. The number of likely N-dealkylation sites (tertiary alicyclic amines) is 1. The quantitative estimate of drug-likeness (QED) is 0.314. The number of carboxylic acid groups (broad SMARTS) is 1. The average molecular weight is 655 g/mol. The first-order valence-corrected chi connectivity index (χ1v) is 15.3. The summed E-state index contributed by atoms with van der Waals surface area (Å²) in [6.07, 6.45) is 2.01. The zero-order chi connectivity index (χ0) is 33.2. The van der Waals surface area contributed by atoms with E-state index >= 15 is 0 Å². The van der Waals surface area contributed by atoms with Crippen LogP contribution in [0.1, 0.15) is 44.1 Å². The lowest BCUT2D eigenvalue weighted by Crippen LogP contribution is -2.49. The number of methoxy groups -OCH3 is 2. The Morgan fingerprint density at radius 3 is 2.33 bits per heavy atom. The molecule has 2 aliphatic heterocycles. The van der Waals surface area contributed by atoms with Gasteiger partial charge < -0.3 is 19.7 Å². The van der Waals surface area contributed by atoms with Gasteiger partial charge in [-0.05, 0) is 50.3 Å². The predicted molar refractivity (Wildman–Crippen MR) is 161 cm³/mol. The summed E-state index contributed by atoms with van der Waals surface area (Å²) in [6, 6.07) is 6.32. The van der Waals surface area contributed by atoms with E-state index < -0.39 is 70.4 Å². The van der Waals surface area contributed by atoms with E-state index in [0.29, 0.717) is 11.1 Å². The van der Waals surface area contributed by atoms with Crippen molar-refractivity contribution in [2.45, 2.75) is 38.5 Å². The SMILES string of the molecule is COc1cc(O)cc(OC)c1[C@H]1C2=CC[C@@H]3C(=O)N(CCCC(=O)O)C(=O)[C@@H]3[C@@H]2C[C@H]2C(=O)N(c3ccc(F)c(Cl)c3)C(=O)[C@@]12C. The number of carbonyl (C=O) groups is 5. The van der Waals surface area contributed by atoms with Crippen molar-refractivity contribution in [3.63, 3.8) is 0 Å². The molecule has 11 nitrogen and oxygen atoms in total. The first-order valence-electron chi connectivity index (χ1n) is 14.9. The van der Waals surface area contributed by atoms with Crippen LogP contribution in [0.2, 0.25) is 5.02 Å². The first-order chi connectivity index (χ1) is 21.8. The molecule has 242 valence electrons. The largest absolute Gasteiger partial charge is 0.508 e. The van der Waals surface area contributed by atoms with E-state index in [1.54, 1.807) is 6.92 Å². The van der Waals surface area contributed by atoms with E-state index in [1.807, 2.05) is 6.08 Å². The van der Waals surface area contributed by atoms with Crippen LogP contribution in [0.4, 0.5) is 10.1 Å². The van der Waals surface area contributed by atoms with Gasteiger partial charge in [0.25, 0.3) is 0 Å². The Balaban J connectivity index is 1.52. The van der Waals surface area contributed by atoms with Crippen molar-refractivity contribution < 1.29 is 48.0 Å². The van der Waals surface area contributed by atoms with Crippen molar-refractivity contribution in [1.82, 2.24) is 4.90 Å². The van der Waals surface area contributed by atoms with E-state index in [2.05, 4.69) is 0 Å². The highest BCUT2D eigenvalue weighted by Gasteiger charge is 2.68. The molecule has 0 spiro atoms. The fraction of sp³-hybridized carbons (Fsp3) is 0.424. The van der Waals surface area contributed by atoms with Gasteiger partial charge in [-0.3, -0.25) is 28.9 Å². The number of allylic oxidation sites excluding steroid dienone is 2. The number of hydrogen-bond donors (Lipinski definition) is 2. The van der Waals surface area contributed by atoms with Gasteiger partial charge in [0.2, 0.25) is 23.6 Å². The lowest BCUT2D eigenvalue weighted by molar-refractivity contribution is -0.142. The van der Waals surface area contributed by atoms with Gasteiger partial charge in [0.1, 0.15) is 23.1 Å². The molecule has 4 aliphatic rings. The van der Waals surface area contributed by atoms with Crippen molar-refractivity contribution in [2.24, 2.45) is 29.1 Å². The van der Waals surface area contributed by atoms with Crippen molar-refractivity contribution >= 4 is 46.9 Å². The number of imide groups is 2. The van der Waals surface area contributed by atoms with Crippen molar-refractivity contribution in [1.29, 1.82) is 0 Å². The molecule has 46 heavy (non-hydrogen) atoms. The molecule has 2 aromatic rings. The maximum atomic E-state index is 14.6. The summed E-state index contributed by atoms with van der Waals surface area (Å²) in [7, 11) is 2.79. The van der Waals surface area contributed by atoms with E-state index in [0.717, 1.165) is 15.9 Å². The molecule has 13 heteroatoms. The van der Waals surface area contributed by atoms with Crippen molar-refractivity contribution in [3.05, 3.63) is 58.4 Å². The minimum absolute atomic E-state index is 0.0419. The van der Waals surface area contributed by atoms with Gasteiger partial charge in [-0.2, -0.15) is 0 Å². The van der Waals surface area contributed by atoms with Gasteiger partial charge in [0.15, 0.2) is 0 Å². The highest BCUT2D eigenvalue weighted by Crippen LogP contribution is 2.65. The number of ether oxygens (including phenoxy) is 2. The van der Waals surface area contributed by atoms with E-state index in [1.165, 1.54) is 38.5 Å². The smallest absolute Gasteiger partial charge is 0.303 e. The zero-order valence-electron chi connectivity index (χ0n) is 25.3. The van der Waals surface area contributed by atoms with Crippen LogP contribution in [0.5, 0.6) is 17.2 Å². The van der Waals surface area contributed by atoms with Crippen LogP contribution >= 0.6 is 11.6 Å². The summed E-state index contributed by atoms with van der Waals surface area (Å²) in [6.45, 7) is 1.63. The second-order valence-corrected chi connectivity index (χ2v) is 12.8. The van der Waals surface area contributed by atoms with Crippen LogP contribution in [0.25, 0.3) is 0 Å². The maximum Gasteiger partial charge on any atom is 0.303 e. The van der Waals surface area contributed by atoms with Gasteiger partial charge in [0.05, 0.1) is 48.1 Å². The number of fused-ring (bicyclic) bond motifs is 4. The second-order valence-electron chi connectivity index (χ2n) is 12.3. The third-order valence-corrected chi connectivity index (χ3v) is 10.4. The molecule has 6 atom stereocenters. The number of aromatic hydroxyl groups is 1. The molecular weight excluding hydrogens is 623 g/mol. The zero-order valence-corrected chi connectivity index (χ0v) is 26.0. The minimum atomic E-state index is -1.46. The summed E-state index contributed by atoms with van der Waals surface area (Å²) in [5.41, 5.74) is -0.319. The monoisotopic (exact) mass is 654 g/mol. The van der Waals surface area contributed by atoms with Crippen LogP contribution < -0.4 is 14.4 Å². The average Bonchev–Trinajstić information content (AvgIpc) is 3.37. The molecule has 2 aromatic carbocycles. The van der Waals surface area contributed by atoms with Gasteiger partial charge >= 0.3 is 5.97 Å². The fourth-order valence-corrected chi connectivity index (χ4v) is 8.25. The molecule has 2 saturated heterocycles. The van der Waals surface area contributed by atoms with Gasteiger partial charge in [0, 0.05) is 36.6 Å². The number of rotatable bonds is 8. The van der Waals surface area contributed by atoms with Gasteiger partial charge in [-0.1, -0.05) is 23.3 Å². The fourth-order valence-electron chi connectivity index (χ4n) is 8.08. The number of carbonyl (C=O) groups excluding carboxylic acids is 4. The maximum absolute atomic E-state index is 14.6. The molecule has 0 radical (unpaired) electrons. The molecule has 6 rings (SSSR count). The number of anilines is 1. The van der Waals surface area contributed by atoms with Gasteiger partial charge in [-0.15, -0.1) is 0 Å². The topological polar surface area (TPSA) is 151 Å². The number of aliphatic carboxylic acids is 1. The Morgan fingerprint density at radius 2 is 1.72 bits per heavy atom. The Labute approximate surface area is 268 Å². The molecule has 3 fully saturated rings. The summed E-state index contributed by atoms with van der Waals surface area (Å²) in [5, 5.41) is 19.3. The van der Waals surface area contributed by atoms with Crippen LogP contribution in [0, 0.1) is 34.9 Å². The Bertz CT molecular complexity index is 1700. The number of phenolic OH excluding ortho intramolecular Hbond substituents is 1. The van der Waals surface area contributed by atoms with Crippen LogP contribution in [-0.4, -0.2) is 65.5 Å². The molecular formula is C33H32ClFN2O9. The normalized spacial score (nSPS) is 28.5. The number of halogens is 2. The number of benzene rings is 2. The van der Waals surface area contributed by atoms with Crippen LogP contribution in [0.15, 0.2) is 42.0 Å². The number of nitrogens with zero attached hydrogens (tertiary/aromatic N) is 2. The first kappa shape index (κ1) is 31.5. The van der Waals surface area contributed by atoms with Crippen LogP contribution in [-0.2, 0) is 24.0 Å². The molecule has 1 saturated carbocycles. The Morgan fingerprint density at radius 1 is 1.04 bits per heavy atom. The van der Waals surface area contributed by atoms with Gasteiger partial charge in [-0.25, -0.2) is 9.29 Å². The summed E-state index contributed by atoms with van der Waals surface area (Å²) in [4.78, 5) is 69.5. The summed E-state index contributed by atoms with van der Waals surface area (Å²) >= 11 is 6.05. The molecule has 0 bridgehead atoms. The Kier molecular flexibility index (Phi) is 7.82. The molecule has 2 heterocycles. The van der Waals surface area contributed by atoms with E-state index in [-0.39, 0.29) is 60.2 Å². The van der Waals surface area contributed by atoms with E-state index in [9.17, 15) is 33.5 Å². The molecule has 4 amide bonds. The lowest BCUT2D eigenvalue weighted by atomic mass is 9.51. The molecule has 2 N–H and O–H groups in total. The predicted octanol–water partition coefficient (Wildman–Crippen LogP) is 4.30. The van der Waals surface area contributed by atoms with Crippen LogP contribution in [0.3, 0.4) is 0 Å². The summed E-state index contributed by atoms with van der Waals surface area (Å²) < 4.78 is 25.5. The third-order valence-electron chi connectivity index (χ3n) is 10.1. The molecule has 0 aromatic heterocycles.